The smallest absolute Gasteiger partial charge is 0.0794 e. The fraction of sp³-hybridized carbons (Fsp3) is 0.312. The van der Waals surface area contributed by atoms with Gasteiger partial charge in [0, 0.05) is 35.4 Å². The Morgan fingerprint density at radius 2 is 2.25 bits per heavy atom. The molecular weight excluding hydrogens is 266 g/mol. The Bertz CT molecular complexity index is 710. The topological polar surface area (TPSA) is 29.9 Å². The number of hydrogen-bond donors (Lipinski definition) is 1. The first-order chi connectivity index (χ1) is 9.88. The summed E-state index contributed by atoms with van der Waals surface area (Å²) in [5.74, 6) is 0. The van der Waals surface area contributed by atoms with Crippen molar-refractivity contribution in [2.24, 2.45) is 0 Å². The van der Waals surface area contributed by atoms with E-state index in [9.17, 15) is 0 Å². The second kappa shape index (κ2) is 5.04. The number of nitrogens with one attached hydrogen (secondary N) is 1. The molecule has 20 heavy (non-hydrogen) atoms. The van der Waals surface area contributed by atoms with Gasteiger partial charge < -0.3 is 9.88 Å². The number of benzene rings is 1. The highest BCUT2D eigenvalue weighted by Crippen LogP contribution is 2.22. The van der Waals surface area contributed by atoms with Crippen LogP contribution in [0.25, 0.3) is 10.9 Å². The van der Waals surface area contributed by atoms with Crippen LogP contribution in [0.5, 0.6) is 0 Å². The maximum atomic E-state index is 4.15. The maximum Gasteiger partial charge on any atom is 0.0794 e. The summed E-state index contributed by atoms with van der Waals surface area (Å²) >= 11 is 1.71. The number of rotatable bonds is 5. The average molecular weight is 283 g/mol. The molecule has 3 aromatic rings. The van der Waals surface area contributed by atoms with Crippen molar-refractivity contribution in [2.45, 2.75) is 32.0 Å². The minimum absolute atomic E-state index is 0.759. The maximum absolute atomic E-state index is 4.15. The summed E-state index contributed by atoms with van der Waals surface area (Å²) in [6.07, 6.45) is 6.80. The van der Waals surface area contributed by atoms with E-state index >= 15 is 0 Å². The molecule has 2 aromatic heterocycles. The first-order valence-electron chi connectivity index (χ1n) is 7.07. The van der Waals surface area contributed by atoms with Gasteiger partial charge in [-0.25, -0.2) is 0 Å². The summed E-state index contributed by atoms with van der Waals surface area (Å²) in [6, 6.07) is 9.71. The highest BCUT2D eigenvalue weighted by Gasteiger charge is 2.19. The fourth-order valence-electron chi connectivity index (χ4n) is 2.52. The number of hydrogen-bond acceptors (Lipinski definition) is 3. The van der Waals surface area contributed by atoms with Crippen molar-refractivity contribution in [2.75, 3.05) is 0 Å². The Morgan fingerprint density at radius 1 is 1.30 bits per heavy atom. The van der Waals surface area contributed by atoms with E-state index in [0.29, 0.717) is 0 Å². The van der Waals surface area contributed by atoms with E-state index in [1.54, 1.807) is 11.3 Å². The minimum atomic E-state index is 0.759. The lowest BCUT2D eigenvalue weighted by Crippen LogP contribution is -2.15. The van der Waals surface area contributed by atoms with Crippen molar-refractivity contribution in [3.63, 3.8) is 0 Å². The molecule has 3 nitrogen and oxygen atoms in total. The summed E-state index contributed by atoms with van der Waals surface area (Å²) in [5, 5.41) is 4.89. The standard InChI is InChI=1S/C16H17N3S/c1-2-13-5-6-19(10-15-9-17-11-20-15)16(13)7-12(1)8-18-14-3-4-14/h1-2,5-7,9,11,14,18H,3-4,8,10H2. The van der Waals surface area contributed by atoms with Crippen LogP contribution in [0.1, 0.15) is 23.3 Å². The fourth-order valence-corrected chi connectivity index (χ4v) is 3.11. The molecule has 0 radical (unpaired) electrons. The molecule has 1 aliphatic carbocycles. The molecule has 0 unspecified atom stereocenters. The van der Waals surface area contributed by atoms with Gasteiger partial charge in [-0.15, -0.1) is 11.3 Å². The molecule has 0 spiro atoms. The van der Waals surface area contributed by atoms with Crippen LogP contribution in [0.15, 0.2) is 42.2 Å². The molecule has 1 aliphatic rings. The van der Waals surface area contributed by atoms with Crippen LogP contribution in [0.3, 0.4) is 0 Å². The molecule has 1 saturated carbocycles. The van der Waals surface area contributed by atoms with Gasteiger partial charge in [-0.05, 0) is 35.9 Å². The second-order valence-corrected chi connectivity index (χ2v) is 6.43. The van der Waals surface area contributed by atoms with Gasteiger partial charge in [0.15, 0.2) is 0 Å². The highest BCUT2D eigenvalue weighted by atomic mass is 32.1. The van der Waals surface area contributed by atoms with Gasteiger partial charge in [0.25, 0.3) is 0 Å². The van der Waals surface area contributed by atoms with Gasteiger partial charge in [0.1, 0.15) is 0 Å². The molecule has 1 N–H and O–H groups in total. The third-order valence-corrected chi connectivity index (χ3v) is 4.58. The Hall–Kier alpha value is -1.65. The van der Waals surface area contributed by atoms with Crippen LogP contribution >= 0.6 is 11.3 Å². The van der Waals surface area contributed by atoms with Gasteiger partial charge in [-0.3, -0.25) is 4.98 Å². The predicted octanol–water partition coefficient (Wildman–Crippen LogP) is 3.40. The number of nitrogens with zero attached hydrogens (tertiary/aromatic N) is 2. The quantitative estimate of drug-likeness (QED) is 0.778. The highest BCUT2D eigenvalue weighted by molar-refractivity contribution is 7.09. The number of fused-ring (bicyclic) bond motifs is 1. The van der Waals surface area contributed by atoms with Gasteiger partial charge in [0.2, 0.25) is 0 Å². The van der Waals surface area contributed by atoms with Crippen LogP contribution in [-0.2, 0) is 13.1 Å². The van der Waals surface area contributed by atoms with Crippen LogP contribution in [0.4, 0.5) is 0 Å². The summed E-state index contributed by atoms with van der Waals surface area (Å²) in [7, 11) is 0. The van der Waals surface area contributed by atoms with Gasteiger partial charge in [-0.1, -0.05) is 12.1 Å². The summed E-state index contributed by atoms with van der Waals surface area (Å²) in [6.45, 7) is 1.89. The minimum Gasteiger partial charge on any atom is -0.342 e. The SMILES string of the molecule is c1ncc(Cn2ccc3ccc(CNC4CC4)cc32)s1. The zero-order chi connectivity index (χ0) is 13.4. The van der Waals surface area contributed by atoms with E-state index < -0.39 is 0 Å². The molecule has 0 amide bonds. The van der Waals surface area contributed by atoms with E-state index in [4.69, 9.17) is 0 Å². The van der Waals surface area contributed by atoms with Gasteiger partial charge >= 0.3 is 0 Å². The second-order valence-electron chi connectivity index (χ2n) is 5.46. The van der Waals surface area contributed by atoms with E-state index in [0.717, 1.165) is 19.1 Å². The number of thiazole rings is 1. The molecule has 4 heteroatoms. The first kappa shape index (κ1) is 12.1. The van der Waals surface area contributed by atoms with Crippen molar-refractivity contribution < 1.29 is 0 Å². The molecule has 0 saturated heterocycles. The van der Waals surface area contributed by atoms with Crippen molar-refractivity contribution in [3.05, 3.63) is 52.6 Å². The lowest BCUT2D eigenvalue weighted by Gasteiger charge is -2.06. The summed E-state index contributed by atoms with van der Waals surface area (Å²) in [4.78, 5) is 5.45. The van der Waals surface area contributed by atoms with E-state index in [1.807, 2.05) is 11.7 Å². The van der Waals surface area contributed by atoms with Crippen molar-refractivity contribution in [1.82, 2.24) is 14.9 Å². The van der Waals surface area contributed by atoms with E-state index in [-0.39, 0.29) is 0 Å². The van der Waals surface area contributed by atoms with Gasteiger partial charge in [-0.2, -0.15) is 0 Å². The molecular formula is C16H17N3S. The molecule has 4 rings (SSSR count). The third-order valence-electron chi connectivity index (χ3n) is 3.82. The van der Waals surface area contributed by atoms with Crippen LogP contribution in [0.2, 0.25) is 0 Å². The van der Waals surface area contributed by atoms with Crippen molar-refractivity contribution in [3.8, 4) is 0 Å². The Labute approximate surface area is 122 Å². The van der Waals surface area contributed by atoms with Crippen LogP contribution in [0, 0.1) is 0 Å². The summed E-state index contributed by atoms with van der Waals surface area (Å²) < 4.78 is 2.31. The summed E-state index contributed by atoms with van der Waals surface area (Å²) in [5.41, 5.74) is 4.58. The van der Waals surface area contributed by atoms with E-state index in [2.05, 4.69) is 45.3 Å². The Balaban J connectivity index is 1.61. The Morgan fingerprint density at radius 3 is 3.05 bits per heavy atom. The molecule has 2 heterocycles. The lowest BCUT2D eigenvalue weighted by molar-refractivity contribution is 0.688. The Kier molecular flexibility index (Phi) is 3.05. The molecule has 1 aromatic carbocycles. The van der Waals surface area contributed by atoms with Gasteiger partial charge in [0.05, 0.1) is 12.1 Å². The molecule has 102 valence electrons. The lowest BCUT2D eigenvalue weighted by atomic mass is 10.1. The number of aromatic nitrogens is 2. The monoisotopic (exact) mass is 283 g/mol. The van der Waals surface area contributed by atoms with Crippen molar-refractivity contribution in [1.29, 1.82) is 0 Å². The largest absolute Gasteiger partial charge is 0.342 e. The molecule has 0 atom stereocenters. The first-order valence-corrected chi connectivity index (χ1v) is 7.95. The third kappa shape index (κ3) is 2.49. The van der Waals surface area contributed by atoms with Crippen molar-refractivity contribution >= 4 is 22.2 Å². The normalized spacial score (nSPS) is 15.0. The molecule has 1 fully saturated rings. The predicted molar refractivity (Wildman–Crippen MR) is 83.0 cm³/mol. The molecule has 0 aliphatic heterocycles. The average Bonchev–Trinajstić information content (AvgIpc) is 3.01. The van der Waals surface area contributed by atoms with E-state index in [1.165, 1.54) is 34.2 Å². The van der Waals surface area contributed by atoms with Crippen LogP contribution < -0.4 is 5.32 Å². The molecule has 0 bridgehead atoms. The van der Waals surface area contributed by atoms with Crippen LogP contribution in [-0.4, -0.2) is 15.6 Å². The zero-order valence-corrected chi connectivity index (χ0v) is 12.1. The zero-order valence-electron chi connectivity index (χ0n) is 11.2.